The molecular formula is C13H17FN2O3. The van der Waals surface area contributed by atoms with Crippen LogP contribution in [-0.2, 0) is 4.79 Å². The summed E-state index contributed by atoms with van der Waals surface area (Å²) in [5.41, 5.74) is 4.97. The highest BCUT2D eigenvalue weighted by atomic mass is 19.1. The third kappa shape index (κ3) is 2.54. The van der Waals surface area contributed by atoms with Crippen LogP contribution >= 0.6 is 0 Å². The first-order valence-corrected chi connectivity index (χ1v) is 6.08. The van der Waals surface area contributed by atoms with Gasteiger partial charge in [-0.2, -0.15) is 0 Å². The summed E-state index contributed by atoms with van der Waals surface area (Å²) in [6.45, 7) is 2.47. The van der Waals surface area contributed by atoms with E-state index in [-0.39, 0.29) is 18.3 Å². The minimum absolute atomic E-state index is 0.00116. The molecule has 19 heavy (non-hydrogen) atoms. The van der Waals surface area contributed by atoms with E-state index in [2.05, 4.69) is 0 Å². The van der Waals surface area contributed by atoms with Gasteiger partial charge in [-0.25, -0.2) is 4.39 Å². The molecule has 2 unspecified atom stereocenters. The van der Waals surface area contributed by atoms with Crippen molar-refractivity contribution in [2.45, 2.75) is 24.9 Å². The normalized spacial score (nSPS) is 25.4. The minimum Gasteiger partial charge on any atom is -0.508 e. The van der Waals surface area contributed by atoms with E-state index in [4.69, 9.17) is 10.8 Å². The SMILES string of the molecule is CC(c1cc(F)ccc1O)N1CCC(N)(C(=O)O)C1. The molecule has 1 aromatic carbocycles. The summed E-state index contributed by atoms with van der Waals surface area (Å²) in [5.74, 6) is -1.47. The van der Waals surface area contributed by atoms with Crippen molar-refractivity contribution < 1.29 is 19.4 Å². The largest absolute Gasteiger partial charge is 0.508 e. The predicted molar refractivity (Wildman–Crippen MR) is 67.2 cm³/mol. The lowest BCUT2D eigenvalue weighted by molar-refractivity contribution is -0.142. The Morgan fingerprint density at radius 2 is 2.26 bits per heavy atom. The molecule has 4 N–H and O–H groups in total. The maximum atomic E-state index is 13.2. The lowest BCUT2D eigenvalue weighted by Gasteiger charge is -2.26. The van der Waals surface area contributed by atoms with Gasteiger partial charge in [0, 0.05) is 24.7 Å². The van der Waals surface area contributed by atoms with Gasteiger partial charge in [-0.15, -0.1) is 0 Å². The summed E-state index contributed by atoms with van der Waals surface area (Å²) in [5, 5.41) is 18.8. The lowest BCUT2D eigenvalue weighted by atomic mass is 10.0. The van der Waals surface area contributed by atoms with Gasteiger partial charge < -0.3 is 15.9 Å². The molecule has 1 saturated heterocycles. The molecule has 5 nitrogen and oxygen atoms in total. The molecule has 6 heteroatoms. The van der Waals surface area contributed by atoms with Crippen molar-refractivity contribution in [2.75, 3.05) is 13.1 Å². The first-order valence-electron chi connectivity index (χ1n) is 6.08. The van der Waals surface area contributed by atoms with Crippen LogP contribution in [0.2, 0.25) is 0 Å². The highest BCUT2D eigenvalue weighted by Gasteiger charge is 2.42. The van der Waals surface area contributed by atoms with Crippen LogP contribution in [0.4, 0.5) is 4.39 Å². The average molecular weight is 268 g/mol. The van der Waals surface area contributed by atoms with Crippen molar-refractivity contribution in [3.05, 3.63) is 29.6 Å². The van der Waals surface area contributed by atoms with E-state index in [1.54, 1.807) is 6.92 Å². The highest BCUT2D eigenvalue weighted by molar-refractivity contribution is 5.79. The van der Waals surface area contributed by atoms with Gasteiger partial charge in [0.2, 0.25) is 0 Å². The summed E-state index contributed by atoms with van der Waals surface area (Å²) in [6.07, 6.45) is 0.336. The zero-order valence-corrected chi connectivity index (χ0v) is 10.6. The second-order valence-electron chi connectivity index (χ2n) is 5.06. The van der Waals surface area contributed by atoms with E-state index in [1.807, 2.05) is 4.90 Å². The van der Waals surface area contributed by atoms with Crippen molar-refractivity contribution in [3.8, 4) is 5.75 Å². The number of likely N-dealkylation sites (tertiary alicyclic amines) is 1. The van der Waals surface area contributed by atoms with Crippen molar-refractivity contribution in [2.24, 2.45) is 5.73 Å². The Hall–Kier alpha value is -1.66. The van der Waals surface area contributed by atoms with Gasteiger partial charge in [0.25, 0.3) is 0 Å². The maximum absolute atomic E-state index is 13.2. The molecule has 1 aromatic rings. The lowest BCUT2D eigenvalue weighted by Crippen LogP contribution is -2.50. The van der Waals surface area contributed by atoms with Gasteiger partial charge in [0.1, 0.15) is 17.1 Å². The average Bonchev–Trinajstić information content (AvgIpc) is 2.76. The summed E-state index contributed by atoms with van der Waals surface area (Å²) < 4.78 is 13.2. The molecule has 0 radical (unpaired) electrons. The molecule has 0 aromatic heterocycles. The van der Waals surface area contributed by atoms with Gasteiger partial charge in [-0.05, 0) is 31.5 Å². The molecule has 1 aliphatic heterocycles. The van der Waals surface area contributed by atoms with E-state index in [0.717, 1.165) is 0 Å². The number of hydrogen-bond acceptors (Lipinski definition) is 4. The zero-order valence-electron chi connectivity index (χ0n) is 10.6. The molecular weight excluding hydrogens is 251 g/mol. The molecule has 0 spiro atoms. The van der Waals surface area contributed by atoms with E-state index in [9.17, 15) is 14.3 Å². The van der Waals surface area contributed by atoms with Crippen LogP contribution in [0.5, 0.6) is 5.75 Å². The molecule has 1 heterocycles. The highest BCUT2D eigenvalue weighted by Crippen LogP contribution is 2.33. The third-order valence-corrected chi connectivity index (χ3v) is 3.74. The monoisotopic (exact) mass is 268 g/mol. The molecule has 1 aliphatic rings. The van der Waals surface area contributed by atoms with Gasteiger partial charge >= 0.3 is 5.97 Å². The Kier molecular flexibility index (Phi) is 3.47. The fourth-order valence-corrected chi connectivity index (χ4v) is 2.43. The fourth-order valence-electron chi connectivity index (χ4n) is 2.43. The van der Waals surface area contributed by atoms with Crippen LogP contribution in [0.15, 0.2) is 18.2 Å². The number of nitrogens with two attached hydrogens (primary N) is 1. The Balaban J connectivity index is 2.20. The number of carboxylic acid groups (broad SMARTS) is 1. The standard InChI is InChI=1S/C13H17FN2O3/c1-8(10-6-9(14)2-3-11(10)17)16-5-4-13(15,7-16)12(18)19/h2-3,6,8,17H,4-5,7,15H2,1H3,(H,18,19). The molecule has 2 atom stereocenters. The van der Waals surface area contributed by atoms with E-state index >= 15 is 0 Å². The fraction of sp³-hybridized carbons (Fsp3) is 0.462. The molecule has 0 amide bonds. The second-order valence-corrected chi connectivity index (χ2v) is 5.06. The van der Waals surface area contributed by atoms with Gasteiger partial charge in [0.15, 0.2) is 0 Å². The number of phenolic OH excluding ortho intramolecular Hbond substituents is 1. The Morgan fingerprint density at radius 3 is 2.84 bits per heavy atom. The van der Waals surface area contributed by atoms with E-state index in [0.29, 0.717) is 18.5 Å². The van der Waals surface area contributed by atoms with Gasteiger partial charge in [0.05, 0.1) is 0 Å². The molecule has 1 fully saturated rings. The van der Waals surface area contributed by atoms with Crippen LogP contribution in [0.1, 0.15) is 24.9 Å². The summed E-state index contributed by atoms with van der Waals surface area (Å²) in [7, 11) is 0. The van der Waals surface area contributed by atoms with E-state index < -0.39 is 17.3 Å². The van der Waals surface area contributed by atoms with Crippen molar-refractivity contribution >= 4 is 5.97 Å². The van der Waals surface area contributed by atoms with Crippen molar-refractivity contribution in [1.29, 1.82) is 0 Å². The quantitative estimate of drug-likeness (QED) is 0.763. The number of carbonyl (C=O) groups is 1. The van der Waals surface area contributed by atoms with Gasteiger partial charge in [-0.1, -0.05) is 0 Å². The number of hydrogen-bond donors (Lipinski definition) is 3. The number of aromatic hydroxyl groups is 1. The van der Waals surface area contributed by atoms with Crippen LogP contribution in [-0.4, -0.2) is 39.7 Å². The Bertz CT molecular complexity index is 509. The maximum Gasteiger partial charge on any atom is 0.325 e. The number of carboxylic acids is 1. The summed E-state index contributed by atoms with van der Waals surface area (Å²) in [4.78, 5) is 12.9. The number of rotatable bonds is 3. The number of benzene rings is 1. The van der Waals surface area contributed by atoms with E-state index in [1.165, 1.54) is 18.2 Å². The molecule has 0 saturated carbocycles. The first kappa shape index (κ1) is 13.8. The van der Waals surface area contributed by atoms with Crippen LogP contribution in [0.25, 0.3) is 0 Å². The Labute approximate surface area is 110 Å². The van der Waals surface area contributed by atoms with Crippen LogP contribution < -0.4 is 5.73 Å². The van der Waals surface area contributed by atoms with Gasteiger partial charge in [-0.3, -0.25) is 9.69 Å². The number of nitrogens with zero attached hydrogens (tertiary/aromatic N) is 1. The first-order chi connectivity index (χ1) is 8.83. The number of halogens is 1. The predicted octanol–water partition coefficient (Wildman–Crippen LogP) is 1.08. The zero-order chi connectivity index (χ0) is 14.2. The molecule has 0 aliphatic carbocycles. The smallest absolute Gasteiger partial charge is 0.325 e. The summed E-state index contributed by atoms with van der Waals surface area (Å²) >= 11 is 0. The molecule has 0 bridgehead atoms. The number of phenols is 1. The third-order valence-electron chi connectivity index (χ3n) is 3.74. The topological polar surface area (TPSA) is 86.8 Å². The Morgan fingerprint density at radius 1 is 1.58 bits per heavy atom. The van der Waals surface area contributed by atoms with Crippen molar-refractivity contribution in [1.82, 2.24) is 4.90 Å². The van der Waals surface area contributed by atoms with Crippen LogP contribution in [0, 0.1) is 5.82 Å². The van der Waals surface area contributed by atoms with Crippen molar-refractivity contribution in [3.63, 3.8) is 0 Å². The second kappa shape index (κ2) is 4.79. The molecule has 2 rings (SSSR count). The number of aliphatic carboxylic acids is 1. The van der Waals surface area contributed by atoms with Crippen LogP contribution in [0.3, 0.4) is 0 Å². The summed E-state index contributed by atoms with van der Waals surface area (Å²) in [6, 6.07) is 3.45. The minimum atomic E-state index is -1.27. The molecule has 104 valence electrons.